The third-order valence-electron chi connectivity index (χ3n) is 5.12. The molecule has 1 nitrogen and oxygen atoms in total. The molecule has 1 aliphatic rings. The van der Waals surface area contributed by atoms with E-state index in [9.17, 15) is 0 Å². The first-order valence-corrected chi connectivity index (χ1v) is 8.19. The second-order valence-corrected chi connectivity index (χ2v) is 6.70. The third-order valence-corrected chi connectivity index (χ3v) is 5.12. The number of aryl methyl sites for hydroxylation is 1. The highest BCUT2D eigenvalue weighted by Gasteiger charge is 2.42. The Kier molecular flexibility index (Phi) is 4.92. The maximum atomic E-state index is 4.06. The van der Waals surface area contributed by atoms with Gasteiger partial charge in [0.1, 0.15) is 0 Å². The smallest absolute Gasteiger partial charge is 0.0411 e. The number of rotatable bonds is 6. The quantitative estimate of drug-likeness (QED) is 0.623. The Morgan fingerprint density at radius 1 is 1.29 bits per heavy atom. The number of anilines is 1. The summed E-state index contributed by atoms with van der Waals surface area (Å²) >= 11 is 0. The molecule has 1 N–H and O–H groups in total. The lowest BCUT2D eigenvalue weighted by atomic mass is 9.58. The Balaban J connectivity index is 2.15. The van der Waals surface area contributed by atoms with Gasteiger partial charge >= 0.3 is 0 Å². The molecule has 0 saturated heterocycles. The molecule has 1 aromatic rings. The molecule has 0 spiro atoms. The Morgan fingerprint density at radius 2 is 1.90 bits per heavy atom. The van der Waals surface area contributed by atoms with Gasteiger partial charge in [-0.05, 0) is 49.8 Å². The molecule has 0 aromatic heterocycles. The zero-order chi connectivity index (χ0) is 15.5. The topological polar surface area (TPSA) is 12.0 Å². The molecule has 21 heavy (non-hydrogen) atoms. The van der Waals surface area contributed by atoms with E-state index in [1.165, 1.54) is 42.6 Å². The van der Waals surface area contributed by atoms with Crippen molar-refractivity contribution in [3.8, 4) is 0 Å². The van der Waals surface area contributed by atoms with Gasteiger partial charge in [0, 0.05) is 17.3 Å². The molecular formula is C20H29N. The molecule has 0 unspecified atom stereocenters. The van der Waals surface area contributed by atoms with Crippen LogP contribution in [0.2, 0.25) is 0 Å². The Labute approximate surface area is 130 Å². The van der Waals surface area contributed by atoms with E-state index >= 15 is 0 Å². The second-order valence-electron chi connectivity index (χ2n) is 6.70. The fraction of sp³-hybridized carbons (Fsp3) is 0.500. The van der Waals surface area contributed by atoms with Crippen LogP contribution in [0.1, 0.15) is 52.0 Å². The van der Waals surface area contributed by atoms with Gasteiger partial charge in [-0.1, -0.05) is 57.0 Å². The van der Waals surface area contributed by atoms with Gasteiger partial charge in [-0.15, -0.1) is 0 Å². The van der Waals surface area contributed by atoms with Crippen molar-refractivity contribution in [3.63, 3.8) is 0 Å². The molecule has 0 bridgehead atoms. The van der Waals surface area contributed by atoms with E-state index in [2.05, 4.69) is 69.9 Å². The minimum absolute atomic E-state index is 0.576. The summed E-state index contributed by atoms with van der Waals surface area (Å²) < 4.78 is 0. The van der Waals surface area contributed by atoms with E-state index in [0.29, 0.717) is 11.3 Å². The number of para-hydroxylation sites is 1. The highest BCUT2D eigenvalue weighted by molar-refractivity contribution is 5.55. The van der Waals surface area contributed by atoms with Crippen LogP contribution in [0.25, 0.3) is 0 Å². The third kappa shape index (κ3) is 3.58. The summed E-state index contributed by atoms with van der Waals surface area (Å²) in [6.07, 6.45) is 7.43. The fourth-order valence-electron chi connectivity index (χ4n) is 3.42. The molecule has 2 rings (SSSR count). The zero-order valence-electron chi connectivity index (χ0n) is 14.0. The van der Waals surface area contributed by atoms with Crippen molar-refractivity contribution in [2.75, 3.05) is 5.32 Å². The number of allylic oxidation sites excluding steroid dienone is 3. The van der Waals surface area contributed by atoms with Crippen molar-refractivity contribution in [3.05, 3.63) is 53.8 Å². The number of nitrogens with one attached hydrogen (secondary N) is 1. The molecule has 0 radical (unpaired) electrons. The fourth-order valence-corrected chi connectivity index (χ4v) is 3.42. The van der Waals surface area contributed by atoms with Gasteiger partial charge in [0.15, 0.2) is 0 Å². The van der Waals surface area contributed by atoms with Gasteiger partial charge < -0.3 is 5.32 Å². The lowest BCUT2D eigenvalue weighted by Crippen LogP contribution is -2.38. The number of hydrogen-bond donors (Lipinski definition) is 1. The van der Waals surface area contributed by atoms with Gasteiger partial charge in [-0.2, -0.15) is 0 Å². The van der Waals surface area contributed by atoms with Gasteiger partial charge in [0.05, 0.1) is 0 Å². The van der Waals surface area contributed by atoms with E-state index in [1.807, 2.05) is 0 Å². The van der Waals surface area contributed by atoms with Crippen molar-refractivity contribution in [2.24, 2.45) is 11.3 Å². The van der Waals surface area contributed by atoms with Crippen LogP contribution in [0.4, 0.5) is 5.69 Å². The standard InChI is InChI=1S/C20H29N/c1-6-20(7-2)13-17(14-20)19(12-15(3)4)21-18-11-9-8-10-16(18)5/h8-12,17,21H,3,6-7,13-14H2,1-2,4-5H3/b19-12-. The maximum absolute atomic E-state index is 4.06. The largest absolute Gasteiger partial charge is 0.358 e. The second kappa shape index (κ2) is 6.51. The van der Waals surface area contributed by atoms with Crippen LogP contribution < -0.4 is 5.32 Å². The van der Waals surface area contributed by atoms with Gasteiger partial charge in [-0.3, -0.25) is 0 Å². The van der Waals surface area contributed by atoms with Gasteiger partial charge in [0.2, 0.25) is 0 Å². The summed E-state index contributed by atoms with van der Waals surface area (Å²) in [6.45, 7) is 13.0. The van der Waals surface area contributed by atoms with E-state index in [0.717, 1.165) is 5.57 Å². The van der Waals surface area contributed by atoms with Crippen molar-refractivity contribution >= 4 is 5.69 Å². The molecule has 1 aliphatic carbocycles. The highest BCUT2D eigenvalue weighted by Crippen LogP contribution is 2.53. The van der Waals surface area contributed by atoms with Crippen LogP contribution in [0, 0.1) is 18.3 Å². The number of benzene rings is 1. The molecule has 1 aromatic carbocycles. The van der Waals surface area contributed by atoms with Crippen LogP contribution in [0.15, 0.2) is 48.2 Å². The lowest BCUT2D eigenvalue weighted by Gasteiger charge is -2.48. The Bertz CT molecular complexity index is 527. The van der Waals surface area contributed by atoms with Crippen molar-refractivity contribution in [2.45, 2.75) is 53.4 Å². The minimum atomic E-state index is 0.576. The van der Waals surface area contributed by atoms with Crippen molar-refractivity contribution in [1.29, 1.82) is 0 Å². The SMILES string of the molecule is C=C(C)/C=C(\Nc1ccccc1C)C1CC(CC)(CC)C1. The predicted molar refractivity (Wildman–Crippen MR) is 93.4 cm³/mol. The summed E-state index contributed by atoms with van der Waals surface area (Å²) in [5, 5.41) is 3.67. The summed E-state index contributed by atoms with van der Waals surface area (Å²) in [5.74, 6) is 0.654. The first kappa shape index (κ1) is 15.9. The van der Waals surface area contributed by atoms with E-state index in [-0.39, 0.29) is 0 Å². The van der Waals surface area contributed by atoms with E-state index in [1.54, 1.807) is 0 Å². The average Bonchev–Trinajstić information content (AvgIpc) is 2.40. The molecule has 114 valence electrons. The summed E-state index contributed by atoms with van der Waals surface area (Å²) in [5.41, 5.74) is 5.55. The Morgan fingerprint density at radius 3 is 2.43 bits per heavy atom. The van der Waals surface area contributed by atoms with Gasteiger partial charge in [0.25, 0.3) is 0 Å². The minimum Gasteiger partial charge on any atom is -0.358 e. The summed E-state index contributed by atoms with van der Waals surface area (Å²) in [7, 11) is 0. The monoisotopic (exact) mass is 283 g/mol. The van der Waals surface area contributed by atoms with Crippen LogP contribution in [-0.2, 0) is 0 Å². The van der Waals surface area contributed by atoms with Gasteiger partial charge in [-0.25, -0.2) is 0 Å². The molecule has 1 heteroatoms. The van der Waals surface area contributed by atoms with Crippen LogP contribution in [-0.4, -0.2) is 0 Å². The lowest BCUT2D eigenvalue weighted by molar-refractivity contribution is 0.0673. The molecule has 1 saturated carbocycles. The predicted octanol–water partition coefficient (Wildman–Crippen LogP) is 6.08. The summed E-state index contributed by atoms with van der Waals surface area (Å²) in [4.78, 5) is 0. The molecule has 0 heterocycles. The maximum Gasteiger partial charge on any atom is 0.0411 e. The van der Waals surface area contributed by atoms with Crippen molar-refractivity contribution < 1.29 is 0 Å². The molecule has 0 atom stereocenters. The van der Waals surface area contributed by atoms with E-state index in [4.69, 9.17) is 0 Å². The zero-order valence-corrected chi connectivity index (χ0v) is 14.0. The van der Waals surface area contributed by atoms with Crippen LogP contribution in [0.3, 0.4) is 0 Å². The number of hydrogen-bond acceptors (Lipinski definition) is 1. The van der Waals surface area contributed by atoms with Crippen LogP contribution >= 0.6 is 0 Å². The Hall–Kier alpha value is -1.50. The normalized spacial score (nSPS) is 18.2. The summed E-state index contributed by atoms with van der Waals surface area (Å²) in [6, 6.07) is 8.50. The molecule has 0 aliphatic heterocycles. The van der Waals surface area contributed by atoms with Crippen molar-refractivity contribution in [1.82, 2.24) is 0 Å². The average molecular weight is 283 g/mol. The first-order chi connectivity index (χ1) is 9.99. The first-order valence-electron chi connectivity index (χ1n) is 8.19. The highest BCUT2D eigenvalue weighted by atomic mass is 14.9. The molecule has 1 fully saturated rings. The molecule has 0 amide bonds. The van der Waals surface area contributed by atoms with E-state index < -0.39 is 0 Å². The molecular weight excluding hydrogens is 254 g/mol. The van der Waals surface area contributed by atoms with Crippen LogP contribution in [0.5, 0.6) is 0 Å².